The summed E-state index contributed by atoms with van der Waals surface area (Å²) in [6.07, 6.45) is 8.63. The van der Waals surface area contributed by atoms with Gasteiger partial charge in [0, 0.05) is 103 Å². The Balaban J connectivity index is 0.000000134. The predicted octanol–water partition coefficient (Wildman–Crippen LogP) is 15.7. The van der Waals surface area contributed by atoms with Gasteiger partial charge in [0.15, 0.2) is 18.6 Å². The maximum absolute atomic E-state index is 4.90. The van der Waals surface area contributed by atoms with Crippen molar-refractivity contribution < 1.29 is 13.7 Å². The summed E-state index contributed by atoms with van der Waals surface area (Å²) < 4.78 is 6.69. The highest BCUT2D eigenvalue weighted by molar-refractivity contribution is 5.86. The lowest BCUT2D eigenvalue weighted by atomic mass is 9.83. The van der Waals surface area contributed by atoms with Crippen LogP contribution in [0.3, 0.4) is 0 Å². The van der Waals surface area contributed by atoms with Gasteiger partial charge in [0.2, 0.25) is 17.1 Å². The Morgan fingerprint density at radius 3 is 0.975 bits per heavy atom. The summed E-state index contributed by atoms with van der Waals surface area (Å²) >= 11 is 0. The van der Waals surface area contributed by atoms with E-state index < -0.39 is 0 Å². The van der Waals surface area contributed by atoms with Crippen molar-refractivity contribution in [2.24, 2.45) is 21.1 Å². The molecule has 0 radical (unpaired) electrons. The number of pyridine rings is 6. The molecule has 79 heavy (non-hydrogen) atoms. The first-order chi connectivity index (χ1) is 37.3. The molecule has 0 N–H and O–H groups in total. The zero-order valence-electron chi connectivity index (χ0n) is 50.8. The molecule has 6 aromatic heterocycles. The molecule has 3 aromatic carbocycles. The third kappa shape index (κ3) is 9.53. The average molecular weight is 1040 g/mol. The first-order valence-corrected chi connectivity index (χ1v) is 28.7. The lowest BCUT2D eigenvalue weighted by Gasteiger charge is -2.21. The summed E-state index contributed by atoms with van der Waals surface area (Å²) in [6.45, 7) is 35.6. The third-order valence-corrected chi connectivity index (χ3v) is 17.8. The number of fused-ring (bicyclic) bond motifs is 9. The van der Waals surface area contributed by atoms with Crippen molar-refractivity contribution in [1.29, 1.82) is 0 Å². The lowest BCUT2D eigenvalue weighted by Crippen LogP contribution is -2.31. The van der Waals surface area contributed by atoms with Crippen LogP contribution in [0.4, 0.5) is 0 Å². The van der Waals surface area contributed by atoms with Gasteiger partial charge in [-0.15, -0.1) is 0 Å². The van der Waals surface area contributed by atoms with Crippen LogP contribution in [0.5, 0.6) is 0 Å². The van der Waals surface area contributed by atoms with E-state index in [1.165, 1.54) is 134 Å². The predicted molar refractivity (Wildman–Crippen MR) is 327 cm³/mol. The van der Waals surface area contributed by atoms with Crippen LogP contribution in [0.15, 0.2) is 128 Å². The Labute approximate surface area is 472 Å². The van der Waals surface area contributed by atoms with Gasteiger partial charge in [0.25, 0.3) is 0 Å². The summed E-state index contributed by atoms with van der Waals surface area (Å²) in [5.74, 6) is 0.521. The molecule has 0 aliphatic heterocycles. The molecule has 9 aromatic rings. The number of nitrogens with zero attached hydrogens (tertiary/aromatic N) is 6. The van der Waals surface area contributed by atoms with Crippen LogP contribution in [0.25, 0.3) is 67.2 Å². The number of hydrogen-bond donors (Lipinski definition) is 0. The van der Waals surface area contributed by atoms with Crippen molar-refractivity contribution in [1.82, 2.24) is 15.0 Å². The fourth-order valence-electron chi connectivity index (χ4n) is 12.7. The van der Waals surface area contributed by atoms with Gasteiger partial charge in [-0.3, -0.25) is 15.0 Å². The van der Waals surface area contributed by atoms with Gasteiger partial charge in [-0.2, -0.15) is 0 Å². The highest BCUT2D eigenvalue weighted by Gasteiger charge is 2.41. The van der Waals surface area contributed by atoms with Crippen LogP contribution in [0, 0.1) is 41.5 Å². The molecule has 0 unspecified atom stereocenters. The molecule has 3 aliphatic carbocycles. The molecule has 3 aliphatic rings. The summed E-state index contributed by atoms with van der Waals surface area (Å²) in [5, 5.41) is 0. The molecule has 0 saturated heterocycles. The molecule has 402 valence electrons. The molecule has 0 amide bonds. The van der Waals surface area contributed by atoms with E-state index in [9.17, 15) is 0 Å². The Kier molecular flexibility index (Phi) is 14.1. The molecule has 0 bridgehead atoms. The van der Waals surface area contributed by atoms with Crippen molar-refractivity contribution in [3.8, 4) is 67.2 Å². The Morgan fingerprint density at radius 2 is 0.671 bits per heavy atom. The van der Waals surface area contributed by atoms with E-state index in [1.807, 2.05) is 0 Å². The van der Waals surface area contributed by atoms with Crippen LogP contribution < -0.4 is 13.7 Å². The minimum Gasteiger partial charge on any atom is -0.257 e. The number of benzene rings is 3. The maximum atomic E-state index is 4.90. The summed E-state index contributed by atoms with van der Waals surface area (Å²) in [7, 11) is 6.40. The zero-order valence-corrected chi connectivity index (χ0v) is 50.8. The van der Waals surface area contributed by atoms with Crippen LogP contribution in [0.2, 0.25) is 0 Å². The van der Waals surface area contributed by atoms with Crippen LogP contribution in [0.1, 0.15) is 159 Å². The normalized spacial score (nSPS) is 14.3. The molecule has 12 rings (SSSR count). The van der Waals surface area contributed by atoms with Gasteiger partial charge in [-0.25, -0.2) is 13.7 Å². The highest BCUT2D eigenvalue weighted by Crippen LogP contribution is 2.52. The minimum absolute atomic E-state index is 0.0694. The molecule has 0 fully saturated rings. The summed E-state index contributed by atoms with van der Waals surface area (Å²) in [6, 6.07) is 41.0. The van der Waals surface area contributed by atoms with Crippen molar-refractivity contribution in [3.05, 3.63) is 212 Å². The molecular weight excluding hydrogens is 961 g/mol. The van der Waals surface area contributed by atoms with Gasteiger partial charge in [0.05, 0.1) is 17.1 Å². The van der Waals surface area contributed by atoms with Gasteiger partial charge in [0.1, 0.15) is 21.1 Å². The summed E-state index contributed by atoms with van der Waals surface area (Å²) in [5.41, 5.74) is 34.5. The highest BCUT2D eigenvalue weighted by atomic mass is 14.9. The van der Waals surface area contributed by atoms with E-state index in [0.717, 1.165) is 29.9 Å². The fourth-order valence-corrected chi connectivity index (χ4v) is 12.7. The molecule has 0 atom stereocenters. The van der Waals surface area contributed by atoms with E-state index in [2.05, 4.69) is 273 Å². The standard InChI is InChI=1S/C25H29N2.2C24H27N2/c1-15(2)18-10-11-27(7)23(13-18)20-14-22-21(12-16(20)3)19-9-8-17(4)26-24(19)25(22,5)6;2*1-7-17-10-11-26(6)22(13-17)19-14-21-20(12-15(19)2)18-9-8-16(3)25-23(18)24(21,4)5/h8-15H,1-7H3;2*8-14H,7H2,1-6H3/q3*+1. The Hall–Kier alpha value is -7.44. The average Bonchev–Trinajstić information content (AvgIpc) is 3.76. The van der Waals surface area contributed by atoms with Crippen molar-refractivity contribution >= 4 is 0 Å². The second-order valence-electron chi connectivity index (χ2n) is 24.9. The fraction of sp³-hybridized carbons (Fsp3) is 0.342. The smallest absolute Gasteiger partial charge is 0.212 e. The van der Waals surface area contributed by atoms with Gasteiger partial charge >= 0.3 is 0 Å². The Morgan fingerprint density at radius 1 is 0.367 bits per heavy atom. The van der Waals surface area contributed by atoms with Crippen LogP contribution in [-0.4, -0.2) is 15.0 Å². The SMILES string of the molecule is CCc1cc[n+](C)c(-c2cc3c(cc2C)-c2ccc(C)nc2C3(C)C)c1.CCc1cc[n+](C)c(-c2cc3c(cc2C)-c2ccc(C)nc2C3(C)C)c1.Cc1ccc2c(n1)C(C)(C)c1cc(-c3cc(C(C)C)cc[n+]3C)c(C)cc1-2. The van der Waals surface area contributed by atoms with E-state index >= 15 is 0 Å². The molecule has 6 heteroatoms. The molecule has 6 nitrogen and oxygen atoms in total. The molecule has 0 spiro atoms. The first kappa shape index (κ1) is 54.9. The number of hydrogen-bond acceptors (Lipinski definition) is 3. The number of aryl methyl sites for hydroxylation is 11. The van der Waals surface area contributed by atoms with Crippen molar-refractivity contribution in [2.75, 3.05) is 0 Å². The van der Waals surface area contributed by atoms with Gasteiger partial charge < -0.3 is 0 Å². The van der Waals surface area contributed by atoms with Gasteiger partial charge in [-0.05, 0) is 163 Å². The van der Waals surface area contributed by atoms with Crippen LogP contribution >= 0.6 is 0 Å². The minimum atomic E-state index is -0.0760. The van der Waals surface area contributed by atoms with Crippen LogP contribution in [-0.2, 0) is 50.2 Å². The zero-order chi connectivity index (χ0) is 56.8. The second-order valence-corrected chi connectivity index (χ2v) is 24.9. The van der Waals surface area contributed by atoms with E-state index in [4.69, 9.17) is 15.0 Å². The van der Waals surface area contributed by atoms with E-state index in [-0.39, 0.29) is 16.2 Å². The number of aromatic nitrogens is 6. The largest absolute Gasteiger partial charge is 0.257 e. The van der Waals surface area contributed by atoms with E-state index in [1.54, 1.807) is 0 Å². The first-order valence-electron chi connectivity index (χ1n) is 28.7. The lowest BCUT2D eigenvalue weighted by molar-refractivity contribution is -0.660. The molecule has 0 saturated carbocycles. The molecule has 6 heterocycles. The van der Waals surface area contributed by atoms with E-state index in [0.29, 0.717) is 5.92 Å². The third-order valence-electron chi connectivity index (χ3n) is 17.8. The van der Waals surface area contributed by atoms with Crippen molar-refractivity contribution in [3.63, 3.8) is 0 Å². The summed E-state index contributed by atoms with van der Waals surface area (Å²) in [4.78, 5) is 14.7. The van der Waals surface area contributed by atoms with Crippen molar-refractivity contribution in [2.45, 2.75) is 146 Å². The monoisotopic (exact) mass is 1040 g/mol. The van der Waals surface area contributed by atoms with Gasteiger partial charge in [-0.1, -0.05) is 106 Å². The molecular formula is C73H83N6+3. The second kappa shape index (κ2) is 20.3. The topological polar surface area (TPSA) is 50.3 Å². The quantitative estimate of drug-likeness (QED) is 0.156. The number of rotatable bonds is 6. The Bertz CT molecular complexity index is 3750. The maximum Gasteiger partial charge on any atom is 0.212 e.